The van der Waals surface area contributed by atoms with Gasteiger partial charge in [0.1, 0.15) is 11.1 Å². The molecule has 5 aliphatic carbocycles. The van der Waals surface area contributed by atoms with Crippen molar-refractivity contribution < 1.29 is 19.4 Å². The molecule has 2 N–H and O–H groups in total. The summed E-state index contributed by atoms with van der Waals surface area (Å²) in [7, 11) is 4.08. The van der Waals surface area contributed by atoms with Gasteiger partial charge in [0.05, 0.1) is 22.8 Å². The van der Waals surface area contributed by atoms with E-state index in [1.807, 2.05) is 37.4 Å². The number of halogens is 1. The van der Waals surface area contributed by atoms with E-state index in [1.165, 1.54) is 16.7 Å². The van der Waals surface area contributed by atoms with Gasteiger partial charge in [0.25, 0.3) is 0 Å². The molecule has 0 radical (unpaired) electrons. The van der Waals surface area contributed by atoms with Crippen LogP contribution in [0.3, 0.4) is 0 Å². The summed E-state index contributed by atoms with van der Waals surface area (Å²) in [6, 6.07) is 9.66. The first-order chi connectivity index (χ1) is 28.9. The second kappa shape index (κ2) is 17.4. The van der Waals surface area contributed by atoms with E-state index in [2.05, 4.69) is 78.4 Å². The fraction of sp³-hybridized carbons (Fsp3) is 0.648. The predicted octanol–water partition coefficient (Wildman–Crippen LogP) is 12.2. The molecule has 4 fully saturated rings. The number of nitrogens with zero attached hydrogens (tertiary/aromatic N) is 2. The highest BCUT2D eigenvalue weighted by Crippen LogP contribution is 2.78. The van der Waals surface area contributed by atoms with Crippen molar-refractivity contribution >= 4 is 23.4 Å². The number of carbonyl (C=O) groups is 2. The third-order valence-electron chi connectivity index (χ3n) is 17.7. The van der Waals surface area contributed by atoms with E-state index in [9.17, 15) is 20.0 Å². The van der Waals surface area contributed by atoms with Crippen molar-refractivity contribution in [1.82, 2.24) is 10.2 Å². The molecule has 8 heteroatoms. The van der Waals surface area contributed by atoms with Crippen LogP contribution < -0.4 is 5.32 Å². The molecule has 8 atom stereocenters. The Labute approximate surface area is 379 Å². The topological polar surface area (TPSA) is 103 Å². The van der Waals surface area contributed by atoms with Crippen LogP contribution >= 0.6 is 11.6 Å². The molecule has 0 spiro atoms. The third kappa shape index (κ3) is 7.97. The molecular formula is C54H76ClN3O4. The van der Waals surface area contributed by atoms with E-state index < -0.39 is 16.8 Å². The number of rotatable bonds is 15. The molecule has 6 rings (SSSR count). The second-order valence-corrected chi connectivity index (χ2v) is 22.7. The van der Waals surface area contributed by atoms with Gasteiger partial charge in [-0.25, -0.2) is 0 Å². The summed E-state index contributed by atoms with van der Waals surface area (Å²) < 4.78 is 6.68. The van der Waals surface area contributed by atoms with Crippen LogP contribution in [-0.4, -0.2) is 55.0 Å². The zero-order valence-electron chi connectivity index (χ0n) is 39.9. The average Bonchev–Trinajstić information content (AvgIpc) is 3.50. The fourth-order valence-corrected chi connectivity index (χ4v) is 14.9. The van der Waals surface area contributed by atoms with Crippen LogP contribution in [0.15, 0.2) is 82.8 Å². The lowest BCUT2D eigenvalue weighted by Crippen LogP contribution is -2.66. The Kier molecular flexibility index (Phi) is 13.4. The molecule has 4 saturated carbocycles. The number of aliphatic carboxylic acids is 1. The van der Waals surface area contributed by atoms with Gasteiger partial charge < -0.3 is 20.1 Å². The number of hydrogen-bond donors (Lipinski definition) is 2. The van der Waals surface area contributed by atoms with E-state index in [1.54, 1.807) is 19.9 Å². The summed E-state index contributed by atoms with van der Waals surface area (Å²) in [5, 5.41) is 22.7. The minimum absolute atomic E-state index is 0.00381. The van der Waals surface area contributed by atoms with Gasteiger partial charge in [-0.2, -0.15) is 5.26 Å². The molecule has 1 aromatic carbocycles. The maximum Gasteiger partial charge on any atom is 0.309 e. The molecule has 8 unspecified atom stereocenters. The molecule has 0 aromatic heterocycles. The van der Waals surface area contributed by atoms with Crippen LogP contribution in [0.1, 0.15) is 138 Å². The normalized spacial score (nSPS) is 33.2. The third-order valence-corrected chi connectivity index (χ3v) is 18.1. The number of ketones is 1. The van der Waals surface area contributed by atoms with E-state index >= 15 is 0 Å². The highest BCUT2D eigenvalue weighted by Gasteiger charge is 2.70. The maximum absolute atomic E-state index is 14.3. The molecule has 0 aliphatic heterocycles. The standard InChI is InChI=1S/C54H76ClN3O4/c1-34(2)44-35(3)31-54(47(58(13)30-29-57-12)46(55)40(59)16-14-15-37-17-19-38(33-56)20-18-37)28-27-52(10)39(45(44)54)21-22-42-51(9)25-24-43(62-36(4)32-49(5,6)48(60)61)50(7,8)41(51)23-26-53(42,52)11/h14,16-20,34,39,41-43,57H,3-4,15,21-32H2,1-2,5-13H3,(H,60,61)/b16-14+,47-46?. The van der Waals surface area contributed by atoms with Crippen LogP contribution in [0.25, 0.3) is 0 Å². The number of fused-ring (bicyclic) bond motifs is 7. The van der Waals surface area contributed by atoms with Crippen molar-refractivity contribution in [2.24, 2.45) is 56.2 Å². The van der Waals surface area contributed by atoms with Crippen molar-refractivity contribution in [3.8, 4) is 6.07 Å². The largest absolute Gasteiger partial charge is 0.495 e. The van der Waals surface area contributed by atoms with E-state index in [4.69, 9.17) is 22.9 Å². The van der Waals surface area contributed by atoms with Gasteiger partial charge in [-0.1, -0.05) is 103 Å². The number of allylic oxidation sites excluding steroid dienone is 7. The van der Waals surface area contributed by atoms with E-state index in [0.29, 0.717) is 47.0 Å². The Morgan fingerprint density at radius 3 is 2.32 bits per heavy atom. The number of ether oxygens (including phenoxy) is 1. The molecule has 7 nitrogen and oxygen atoms in total. The fourth-order valence-electron chi connectivity index (χ4n) is 14.5. The van der Waals surface area contributed by atoms with Crippen LogP contribution in [0.4, 0.5) is 0 Å². The lowest BCUT2D eigenvalue weighted by Gasteiger charge is -2.72. The first kappa shape index (κ1) is 47.9. The van der Waals surface area contributed by atoms with Crippen molar-refractivity contribution in [1.29, 1.82) is 5.26 Å². The SMILES string of the molecule is C=C(CC(C)(C)C(=O)O)OC1CCC2(C)C(CCC3(C)C2CCC2C4=C(C(C)C)C(=C)CC4(C(=C(Cl)C(=O)/C=C/Cc4ccc(C#N)cc4)N(C)CCNC)CCC23C)C1(C)C. The monoisotopic (exact) mass is 866 g/mol. The Morgan fingerprint density at radius 2 is 1.71 bits per heavy atom. The average molecular weight is 867 g/mol. The van der Waals surface area contributed by atoms with Gasteiger partial charge in [-0.05, 0) is 154 Å². The Hall–Kier alpha value is -3.60. The summed E-state index contributed by atoms with van der Waals surface area (Å²) in [5.74, 6) is 1.22. The number of carbonyl (C=O) groups excluding carboxylic acids is 1. The number of carboxylic acids is 1. The lowest BCUT2D eigenvalue weighted by molar-refractivity contribution is -0.230. The molecule has 62 heavy (non-hydrogen) atoms. The molecule has 0 heterocycles. The van der Waals surface area contributed by atoms with Crippen LogP contribution in [-0.2, 0) is 20.7 Å². The summed E-state index contributed by atoms with van der Waals surface area (Å²) in [6.45, 7) is 31.3. The smallest absolute Gasteiger partial charge is 0.309 e. The summed E-state index contributed by atoms with van der Waals surface area (Å²) in [5.41, 5.74) is 5.53. The number of likely N-dealkylation sites (N-methyl/N-ethyl adjacent to an activating group) is 2. The van der Waals surface area contributed by atoms with Crippen molar-refractivity contribution in [3.63, 3.8) is 0 Å². The van der Waals surface area contributed by atoms with Crippen molar-refractivity contribution in [3.05, 3.63) is 93.9 Å². The molecule has 0 bridgehead atoms. The zero-order chi connectivity index (χ0) is 45.8. The second-order valence-electron chi connectivity index (χ2n) is 22.3. The van der Waals surface area contributed by atoms with E-state index in [0.717, 1.165) is 82.1 Å². The van der Waals surface area contributed by atoms with Gasteiger partial charge in [0.15, 0.2) is 5.78 Å². The number of nitriles is 1. The number of benzene rings is 1. The Morgan fingerprint density at radius 1 is 1.03 bits per heavy atom. The van der Waals surface area contributed by atoms with Gasteiger partial charge in [-0.3, -0.25) is 9.59 Å². The lowest BCUT2D eigenvalue weighted by atomic mass is 9.33. The van der Waals surface area contributed by atoms with Gasteiger partial charge >= 0.3 is 5.97 Å². The molecule has 0 saturated heterocycles. The quantitative estimate of drug-likeness (QED) is 0.134. The van der Waals surface area contributed by atoms with Crippen LogP contribution in [0.2, 0.25) is 0 Å². The highest BCUT2D eigenvalue weighted by molar-refractivity contribution is 6.44. The Bertz CT molecular complexity index is 2090. The molecule has 0 amide bonds. The molecular weight excluding hydrogens is 790 g/mol. The number of hydrogen-bond acceptors (Lipinski definition) is 6. The minimum atomic E-state index is -0.927. The number of nitrogens with one attached hydrogen (secondary N) is 1. The first-order valence-electron chi connectivity index (χ1n) is 23.4. The molecule has 1 aromatic rings. The Balaban J connectivity index is 1.36. The van der Waals surface area contributed by atoms with Gasteiger partial charge in [-0.15, -0.1) is 0 Å². The predicted molar refractivity (Wildman–Crippen MR) is 252 cm³/mol. The zero-order valence-corrected chi connectivity index (χ0v) is 40.7. The molecule has 338 valence electrons. The number of carboxylic acid groups (broad SMARTS) is 1. The minimum Gasteiger partial charge on any atom is -0.495 e. The molecule has 5 aliphatic rings. The summed E-state index contributed by atoms with van der Waals surface area (Å²) in [6.07, 6.45) is 13.7. The van der Waals surface area contributed by atoms with E-state index in [-0.39, 0.29) is 39.5 Å². The summed E-state index contributed by atoms with van der Waals surface area (Å²) in [4.78, 5) is 28.5. The maximum atomic E-state index is 14.3. The van der Waals surface area contributed by atoms with Crippen LogP contribution in [0.5, 0.6) is 0 Å². The first-order valence-corrected chi connectivity index (χ1v) is 23.8. The van der Waals surface area contributed by atoms with Crippen molar-refractivity contribution in [2.75, 3.05) is 27.2 Å². The van der Waals surface area contributed by atoms with Crippen LogP contribution in [0, 0.1) is 67.5 Å². The van der Waals surface area contributed by atoms with Gasteiger partial charge in [0, 0.05) is 43.1 Å². The van der Waals surface area contributed by atoms with Crippen molar-refractivity contribution in [2.45, 2.75) is 139 Å². The summed E-state index contributed by atoms with van der Waals surface area (Å²) >= 11 is 7.51. The highest BCUT2D eigenvalue weighted by atomic mass is 35.5. The van der Waals surface area contributed by atoms with Gasteiger partial charge in [0.2, 0.25) is 0 Å².